The first kappa shape index (κ1) is 12.5. The van der Waals surface area contributed by atoms with Gasteiger partial charge in [0, 0.05) is 6.07 Å². The van der Waals surface area contributed by atoms with Crippen LogP contribution < -0.4 is 0 Å². The molecule has 0 aromatic heterocycles. The summed E-state index contributed by atoms with van der Waals surface area (Å²) in [7, 11) is 0. The third kappa shape index (κ3) is 2.19. The molecule has 1 saturated heterocycles. The molecule has 0 bridgehead atoms. The number of Topliss-reactive ketones (excluding diaryl/α,β-unsaturated/α-hetero) is 1. The molecule has 0 saturated carbocycles. The fraction of sp³-hybridized carbons (Fsp3) is 0.133. The average molecular weight is 269 g/mol. The third-order valence-corrected chi connectivity index (χ3v) is 3.24. The highest BCUT2D eigenvalue weighted by molar-refractivity contribution is 6.04. The molecule has 0 spiro atoms. The van der Waals surface area contributed by atoms with Gasteiger partial charge in [0.05, 0.1) is 10.5 Å². The highest BCUT2D eigenvalue weighted by Gasteiger charge is 2.47. The molecule has 1 heterocycles. The minimum absolute atomic E-state index is 0.0981. The van der Waals surface area contributed by atoms with E-state index in [2.05, 4.69) is 0 Å². The number of nitrogens with zero attached hydrogens (tertiary/aromatic N) is 1. The Morgan fingerprint density at radius 3 is 2.40 bits per heavy atom. The first-order valence-electron chi connectivity index (χ1n) is 6.16. The summed E-state index contributed by atoms with van der Waals surface area (Å²) < 4.78 is 5.38. The van der Waals surface area contributed by atoms with Crippen molar-refractivity contribution >= 4 is 11.5 Å². The summed E-state index contributed by atoms with van der Waals surface area (Å²) in [5, 5.41) is 10.9. The van der Waals surface area contributed by atoms with E-state index in [0.29, 0.717) is 0 Å². The minimum atomic E-state index is -0.626. The average Bonchev–Trinajstić information content (AvgIpc) is 3.28. The molecule has 3 rings (SSSR count). The zero-order valence-corrected chi connectivity index (χ0v) is 10.4. The molecule has 1 aliphatic heterocycles. The Balaban J connectivity index is 1.84. The maximum absolute atomic E-state index is 12.3. The molecule has 0 aliphatic carbocycles. The molecule has 5 heteroatoms. The van der Waals surface area contributed by atoms with Crippen LogP contribution in [0.3, 0.4) is 0 Å². The van der Waals surface area contributed by atoms with Gasteiger partial charge in [-0.05, 0) is 11.6 Å². The molecule has 100 valence electrons. The van der Waals surface area contributed by atoms with Gasteiger partial charge in [0.15, 0.2) is 6.10 Å². The molecular formula is C15H11NO4. The van der Waals surface area contributed by atoms with Crippen LogP contribution in [0.4, 0.5) is 5.69 Å². The zero-order chi connectivity index (χ0) is 14.1. The highest BCUT2D eigenvalue weighted by Crippen LogP contribution is 2.41. The number of nitro groups is 1. The first-order valence-corrected chi connectivity index (χ1v) is 6.16. The number of ether oxygens (including phenoxy) is 1. The van der Waals surface area contributed by atoms with Crippen LogP contribution in [0.15, 0.2) is 54.6 Å². The van der Waals surface area contributed by atoms with Gasteiger partial charge in [0.1, 0.15) is 6.10 Å². The van der Waals surface area contributed by atoms with Crippen molar-refractivity contribution in [2.24, 2.45) is 0 Å². The summed E-state index contributed by atoms with van der Waals surface area (Å²) in [5.74, 6) is -0.342. The van der Waals surface area contributed by atoms with Crippen molar-refractivity contribution in [3.05, 3.63) is 75.8 Å². The van der Waals surface area contributed by atoms with E-state index >= 15 is 0 Å². The Hall–Kier alpha value is -2.53. The molecule has 0 unspecified atom stereocenters. The summed E-state index contributed by atoms with van der Waals surface area (Å²) in [5.41, 5.74) is 0.824. The van der Waals surface area contributed by atoms with Crippen molar-refractivity contribution in [3.63, 3.8) is 0 Å². The van der Waals surface area contributed by atoms with E-state index in [1.807, 2.05) is 30.3 Å². The number of para-hydroxylation sites is 1. The number of hydrogen-bond acceptors (Lipinski definition) is 4. The van der Waals surface area contributed by atoms with Crippen molar-refractivity contribution in [2.75, 3.05) is 0 Å². The number of nitro benzene ring substituents is 1. The van der Waals surface area contributed by atoms with E-state index in [1.165, 1.54) is 18.2 Å². The number of rotatable bonds is 4. The van der Waals surface area contributed by atoms with Crippen molar-refractivity contribution < 1.29 is 14.5 Å². The van der Waals surface area contributed by atoms with Crippen molar-refractivity contribution in [2.45, 2.75) is 12.2 Å². The fourth-order valence-electron chi connectivity index (χ4n) is 2.20. The van der Waals surface area contributed by atoms with Crippen LogP contribution >= 0.6 is 0 Å². The summed E-state index contributed by atoms with van der Waals surface area (Å²) in [4.78, 5) is 22.7. The second-order valence-electron chi connectivity index (χ2n) is 4.53. The van der Waals surface area contributed by atoms with Gasteiger partial charge < -0.3 is 4.74 Å². The largest absolute Gasteiger partial charge is 0.356 e. The Labute approximate surface area is 115 Å². The molecule has 2 aromatic carbocycles. The van der Waals surface area contributed by atoms with Crippen molar-refractivity contribution in [3.8, 4) is 0 Å². The van der Waals surface area contributed by atoms with E-state index < -0.39 is 11.0 Å². The number of epoxide rings is 1. The van der Waals surface area contributed by atoms with Crippen LogP contribution in [0.25, 0.3) is 0 Å². The SMILES string of the molecule is O=C(c1ccccc1[N+](=O)[O-])[C@@H]1O[C@H]1c1ccccc1. The second kappa shape index (κ2) is 4.86. The van der Waals surface area contributed by atoms with Gasteiger partial charge in [-0.3, -0.25) is 14.9 Å². The zero-order valence-electron chi connectivity index (χ0n) is 10.4. The Kier molecular flexibility index (Phi) is 3.04. The van der Waals surface area contributed by atoms with Gasteiger partial charge in [-0.2, -0.15) is 0 Å². The molecule has 1 aliphatic rings. The van der Waals surface area contributed by atoms with Crippen LogP contribution in [0, 0.1) is 10.1 Å². The van der Waals surface area contributed by atoms with Crippen LogP contribution in [-0.4, -0.2) is 16.8 Å². The fourth-order valence-corrected chi connectivity index (χ4v) is 2.20. The van der Waals surface area contributed by atoms with E-state index in [0.717, 1.165) is 5.56 Å². The molecule has 2 atom stereocenters. The van der Waals surface area contributed by atoms with Gasteiger partial charge in [-0.25, -0.2) is 0 Å². The highest BCUT2D eigenvalue weighted by atomic mass is 16.6. The van der Waals surface area contributed by atoms with Gasteiger partial charge in [-0.1, -0.05) is 42.5 Å². The monoisotopic (exact) mass is 269 g/mol. The number of benzene rings is 2. The second-order valence-corrected chi connectivity index (χ2v) is 4.53. The maximum atomic E-state index is 12.3. The van der Waals surface area contributed by atoms with Crippen LogP contribution in [0.2, 0.25) is 0 Å². The summed E-state index contributed by atoms with van der Waals surface area (Å²) in [6, 6.07) is 15.3. The van der Waals surface area contributed by atoms with Crippen LogP contribution in [0.5, 0.6) is 0 Å². The summed E-state index contributed by atoms with van der Waals surface area (Å²) >= 11 is 0. The lowest BCUT2D eigenvalue weighted by Crippen LogP contribution is -2.10. The Morgan fingerprint density at radius 2 is 1.70 bits per heavy atom. The first-order chi connectivity index (χ1) is 9.68. The molecule has 0 amide bonds. The van der Waals surface area contributed by atoms with Gasteiger partial charge in [0.25, 0.3) is 5.69 Å². The lowest BCUT2D eigenvalue weighted by Gasteiger charge is -1.99. The normalized spacial score (nSPS) is 20.4. The predicted molar refractivity (Wildman–Crippen MR) is 71.5 cm³/mol. The minimum Gasteiger partial charge on any atom is -0.356 e. The predicted octanol–water partition coefficient (Wildman–Crippen LogP) is 2.92. The Morgan fingerprint density at radius 1 is 1.05 bits per heavy atom. The van der Waals surface area contributed by atoms with E-state index in [-0.39, 0.29) is 23.1 Å². The van der Waals surface area contributed by atoms with Crippen molar-refractivity contribution in [1.82, 2.24) is 0 Å². The molecule has 0 radical (unpaired) electrons. The van der Waals surface area contributed by atoms with E-state index in [4.69, 9.17) is 4.74 Å². The van der Waals surface area contributed by atoms with Crippen LogP contribution in [-0.2, 0) is 4.74 Å². The topological polar surface area (TPSA) is 72.7 Å². The van der Waals surface area contributed by atoms with Gasteiger partial charge in [-0.15, -0.1) is 0 Å². The van der Waals surface area contributed by atoms with Gasteiger partial charge >= 0.3 is 0 Å². The van der Waals surface area contributed by atoms with Gasteiger partial charge in [0.2, 0.25) is 5.78 Å². The molecular weight excluding hydrogens is 258 g/mol. The maximum Gasteiger partial charge on any atom is 0.280 e. The smallest absolute Gasteiger partial charge is 0.280 e. The summed E-state index contributed by atoms with van der Waals surface area (Å²) in [6.45, 7) is 0. The lowest BCUT2D eigenvalue weighted by atomic mass is 10.0. The molecule has 0 N–H and O–H groups in total. The standard InChI is InChI=1S/C15H11NO4/c17-13(11-8-4-5-9-12(11)16(18)19)15-14(20-15)10-6-2-1-3-7-10/h1-9,14-15H/t14-,15-/m0/s1. The van der Waals surface area contributed by atoms with E-state index in [1.54, 1.807) is 6.07 Å². The van der Waals surface area contributed by atoms with Crippen molar-refractivity contribution in [1.29, 1.82) is 0 Å². The molecule has 20 heavy (non-hydrogen) atoms. The number of carbonyl (C=O) groups is 1. The third-order valence-electron chi connectivity index (χ3n) is 3.24. The number of carbonyl (C=O) groups excluding carboxylic acids is 1. The molecule has 2 aromatic rings. The summed E-state index contributed by atoms with van der Waals surface area (Å²) in [6.07, 6.45) is -0.929. The Bertz CT molecular complexity index is 669. The molecule has 1 fully saturated rings. The quantitative estimate of drug-likeness (QED) is 0.370. The lowest BCUT2D eigenvalue weighted by molar-refractivity contribution is -0.385. The molecule has 5 nitrogen and oxygen atoms in total. The van der Waals surface area contributed by atoms with E-state index in [9.17, 15) is 14.9 Å². The number of ketones is 1. The van der Waals surface area contributed by atoms with Crippen LogP contribution in [0.1, 0.15) is 22.0 Å². The number of hydrogen-bond donors (Lipinski definition) is 0.